The van der Waals surface area contributed by atoms with E-state index in [1.807, 2.05) is 0 Å². The van der Waals surface area contributed by atoms with Crippen LogP contribution in [0.5, 0.6) is 0 Å². The zero-order valence-electron chi connectivity index (χ0n) is 35.0. The molecule has 0 amide bonds. The van der Waals surface area contributed by atoms with Crippen molar-refractivity contribution >= 4 is 60.4 Å². The summed E-state index contributed by atoms with van der Waals surface area (Å²) in [5.74, 6) is 0. The Kier molecular flexibility index (Phi) is 9.10. The molecule has 1 aromatic heterocycles. The van der Waals surface area contributed by atoms with Gasteiger partial charge in [-0.1, -0.05) is 188 Å². The molecule has 2 nitrogen and oxygen atoms in total. The van der Waals surface area contributed by atoms with Crippen LogP contribution in [0.4, 0.5) is 17.1 Å². The van der Waals surface area contributed by atoms with Gasteiger partial charge in [-0.05, 0) is 116 Å². The van der Waals surface area contributed by atoms with Crippen molar-refractivity contribution in [3.8, 4) is 50.2 Å². The van der Waals surface area contributed by atoms with Crippen LogP contribution in [-0.4, -0.2) is 4.57 Å². The second-order valence-corrected chi connectivity index (χ2v) is 16.3. The van der Waals surface area contributed by atoms with Crippen molar-refractivity contribution in [3.63, 3.8) is 0 Å². The summed E-state index contributed by atoms with van der Waals surface area (Å²) < 4.78 is 2.31. The summed E-state index contributed by atoms with van der Waals surface area (Å²) in [4.78, 5) is 2.46. The SMILES string of the molecule is c1cc(-c2cccc(-c3ccccc3N(c3ccc(-c4cccc(-c5ccccc5)c4)cc3)c3cc4ccccc4c4ccccc34)c2)c2c3ccccc3n(-c3ccccc3)c2c#1. The molecule has 0 saturated carbocycles. The predicted octanol–water partition coefficient (Wildman–Crippen LogP) is 16.8. The van der Waals surface area contributed by atoms with Crippen molar-refractivity contribution in [2.75, 3.05) is 4.90 Å². The van der Waals surface area contributed by atoms with E-state index in [4.69, 9.17) is 0 Å². The van der Waals surface area contributed by atoms with E-state index in [1.165, 1.54) is 54.6 Å². The van der Waals surface area contributed by atoms with Gasteiger partial charge in [0.15, 0.2) is 0 Å². The quantitative estimate of drug-likeness (QED) is 0.139. The van der Waals surface area contributed by atoms with Gasteiger partial charge in [-0.2, -0.15) is 0 Å². The van der Waals surface area contributed by atoms with Crippen molar-refractivity contribution in [1.29, 1.82) is 0 Å². The maximum absolute atomic E-state index is 3.51. The fraction of sp³-hybridized carbons (Fsp3) is 0. The Morgan fingerprint density at radius 1 is 0.359 bits per heavy atom. The van der Waals surface area contributed by atoms with Gasteiger partial charge in [-0.25, -0.2) is 0 Å². The van der Waals surface area contributed by atoms with Crippen molar-refractivity contribution < 1.29 is 0 Å². The third kappa shape index (κ3) is 6.39. The largest absolute Gasteiger partial charge is 0.309 e. The number of para-hydroxylation sites is 3. The van der Waals surface area contributed by atoms with Crippen molar-refractivity contribution in [1.82, 2.24) is 4.57 Å². The molecule has 1 heterocycles. The number of hydrogen-bond acceptors (Lipinski definition) is 1. The lowest BCUT2D eigenvalue weighted by Crippen LogP contribution is -2.12. The highest BCUT2D eigenvalue weighted by atomic mass is 15.1. The number of benzene rings is 10. The van der Waals surface area contributed by atoms with Gasteiger partial charge in [0, 0.05) is 38.7 Å². The first-order valence-electron chi connectivity index (χ1n) is 21.8. The summed E-state index contributed by atoms with van der Waals surface area (Å²) in [7, 11) is 0. The van der Waals surface area contributed by atoms with Gasteiger partial charge in [-0.15, -0.1) is 0 Å². The third-order valence-corrected chi connectivity index (χ3v) is 12.6. The van der Waals surface area contributed by atoms with Gasteiger partial charge < -0.3 is 9.47 Å². The van der Waals surface area contributed by atoms with Gasteiger partial charge in [0.25, 0.3) is 0 Å². The summed E-state index contributed by atoms with van der Waals surface area (Å²) in [5.41, 5.74) is 15.9. The van der Waals surface area contributed by atoms with Gasteiger partial charge in [-0.3, -0.25) is 0 Å². The number of fused-ring (bicyclic) bond motifs is 6. The Labute approximate surface area is 373 Å². The minimum atomic E-state index is 1.01. The van der Waals surface area contributed by atoms with E-state index in [2.05, 4.69) is 264 Å². The highest BCUT2D eigenvalue weighted by Crippen LogP contribution is 2.47. The number of aromatic nitrogens is 1. The molecule has 0 spiro atoms. The molecule has 12 rings (SSSR count). The Morgan fingerprint density at radius 2 is 0.922 bits per heavy atom. The summed E-state index contributed by atoms with van der Waals surface area (Å²) in [6, 6.07) is 94.5. The molecule has 0 bridgehead atoms. The first-order chi connectivity index (χ1) is 31.8. The standard InChI is InChI=1S/C62H40N2/c1-3-18-43(19-4-1)45-21-15-22-46(40-45)44-36-38-51(39-37-44)64(61-42-49-20-7-8-27-52(49)55-29-9-10-30-56(55)61)58-33-13-11-28-53(58)47-23-16-24-48(41-47)54-32-17-35-60-62(54)57-31-12-14-34-59(57)63(60)50-25-5-2-6-26-50/h1-16,18-34,36-42H. The van der Waals surface area contributed by atoms with Crippen LogP contribution in [0.3, 0.4) is 0 Å². The Morgan fingerprint density at radius 3 is 1.70 bits per heavy atom. The smallest absolute Gasteiger partial charge is 0.106 e. The first kappa shape index (κ1) is 37.1. The Hall–Kier alpha value is -8.64. The lowest BCUT2D eigenvalue weighted by atomic mass is 9.94. The second kappa shape index (κ2) is 15.7. The first-order valence-corrected chi connectivity index (χ1v) is 21.8. The zero-order chi connectivity index (χ0) is 42.4. The Balaban J connectivity index is 1.03. The van der Waals surface area contributed by atoms with Gasteiger partial charge >= 0.3 is 0 Å². The average molecular weight is 813 g/mol. The molecule has 0 radical (unpaired) electrons. The normalized spacial score (nSPS) is 11.3. The molecule has 12 aromatic rings. The molecule has 64 heavy (non-hydrogen) atoms. The fourth-order valence-electron chi connectivity index (χ4n) is 9.66. The molecular weight excluding hydrogens is 773 g/mol. The lowest BCUT2D eigenvalue weighted by Gasteiger charge is -2.30. The highest BCUT2D eigenvalue weighted by Gasteiger charge is 2.22. The van der Waals surface area contributed by atoms with Crippen LogP contribution in [0.1, 0.15) is 0 Å². The van der Waals surface area contributed by atoms with E-state index in [-0.39, 0.29) is 0 Å². The van der Waals surface area contributed by atoms with Crippen LogP contribution in [-0.2, 0) is 0 Å². The maximum Gasteiger partial charge on any atom is 0.106 e. The van der Waals surface area contributed by atoms with Crippen LogP contribution in [0.2, 0.25) is 0 Å². The molecule has 298 valence electrons. The average Bonchev–Trinajstić information content (AvgIpc) is 3.72. The van der Waals surface area contributed by atoms with Gasteiger partial charge in [0.1, 0.15) is 5.52 Å². The molecule has 0 fully saturated rings. The minimum Gasteiger partial charge on any atom is -0.309 e. The van der Waals surface area contributed by atoms with E-state index < -0.39 is 0 Å². The van der Waals surface area contributed by atoms with Crippen LogP contribution in [0.15, 0.2) is 243 Å². The molecule has 0 saturated heterocycles. The zero-order valence-corrected chi connectivity index (χ0v) is 35.0. The fourth-order valence-corrected chi connectivity index (χ4v) is 9.66. The second-order valence-electron chi connectivity index (χ2n) is 16.3. The molecule has 0 atom stereocenters. The number of anilines is 3. The molecule has 0 aliphatic heterocycles. The van der Waals surface area contributed by atoms with Crippen LogP contribution in [0.25, 0.3) is 93.5 Å². The van der Waals surface area contributed by atoms with Gasteiger partial charge in [0.2, 0.25) is 0 Å². The summed E-state index contributed by atoms with van der Waals surface area (Å²) in [5, 5.41) is 7.22. The summed E-state index contributed by atoms with van der Waals surface area (Å²) in [6.45, 7) is 0. The third-order valence-electron chi connectivity index (χ3n) is 12.6. The van der Waals surface area contributed by atoms with E-state index in [0.717, 1.165) is 56.0 Å². The van der Waals surface area contributed by atoms with Crippen LogP contribution in [0, 0.1) is 12.1 Å². The van der Waals surface area contributed by atoms with E-state index in [0.29, 0.717) is 0 Å². The van der Waals surface area contributed by atoms with Crippen molar-refractivity contribution in [3.05, 3.63) is 255 Å². The molecular formula is C62H40N2. The van der Waals surface area contributed by atoms with Crippen molar-refractivity contribution in [2.24, 2.45) is 0 Å². The number of nitrogens with zero attached hydrogens (tertiary/aromatic N) is 2. The molecule has 2 heteroatoms. The van der Waals surface area contributed by atoms with Crippen LogP contribution >= 0.6 is 0 Å². The molecule has 0 aliphatic rings. The topological polar surface area (TPSA) is 8.17 Å². The lowest BCUT2D eigenvalue weighted by molar-refractivity contribution is 1.18. The maximum atomic E-state index is 3.51. The molecule has 11 aromatic carbocycles. The monoisotopic (exact) mass is 812 g/mol. The number of hydrogen-bond donors (Lipinski definition) is 0. The summed E-state index contributed by atoms with van der Waals surface area (Å²) in [6.07, 6.45) is 0. The molecule has 0 aliphatic carbocycles. The molecule has 0 unspecified atom stereocenters. The van der Waals surface area contributed by atoms with Crippen molar-refractivity contribution in [2.45, 2.75) is 0 Å². The van der Waals surface area contributed by atoms with E-state index >= 15 is 0 Å². The minimum absolute atomic E-state index is 1.01. The van der Waals surface area contributed by atoms with E-state index in [1.54, 1.807) is 0 Å². The van der Waals surface area contributed by atoms with Gasteiger partial charge in [0.05, 0.1) is 16.9 Å². The summed E-state index contributed by atoms with van der Waals surface area (Å²) >= 11 is 0. The molecule has 0 N–H and O–H groups in total. The van der Waals surface area contributed by atoms with Crippen LogP contribution < -0.4 is 4.90 Å². The highest BCUT2D eigenvalue weighted by molar-refractivity contribution is 6.16. The number of rotatable bonds is 8. The Bertz CT molecular complexity index is 3660. The van der Waals surface area contributed by atoms with E-state index in [9.17, 15) is 0 Å². The predicted molar refractivity (Wildman–Crippen MR) is 270 cm³/mol.